The van der Waals surface area contributed by atoms with Crippen molar-refractivity contribution in [1.29, 1.82) is 0 Å². The van der Waals surface area contributed by atoms with Gasteiger partial charge in [0.05, 0.1) is 10.6 Å². The zero-order valence-corrected chi connectivity index (χ0v) is 11.6. The lowest BCUT2D eigenvalue weighted by molar-refractivity contribution is -0.384. The zero-order valence-electron chi connectivity index (χ0n) is 11.6. The van der Waals surface area contributed by atoms with Crippen LogP contribution in [0.4, 0.5) is 5.69 Å². The summed E-state index contributed by atoms with van der Waals surface area (Å²) in [6.45, 7) is 0. The van der Waals surface area contributed by atoms with Crippen molar-refractivity contribution < 1.29 is 4.92 Å². The number of nitro groups is 1. The largest absolute Gasteiger partial charge is 0.322 e. The van der Waals surface area contributed by atoms with Gasteiger partial charge in [0.2, 0.25) is 5.56 Å². The van der Waals surface area contributed by atoms with Crippen molar-refractivity contribution in [3.05, 3.63) is 61.9 Å². The number of aromatic nitrogens is 1. The Morgan fingerprint density at radius 2 is 1.76 bits per heavy atom. The molecule has 1 heterocycles. The number of aromatic amines is 1. The highest BCUT2D eigenvalue weighted by Crippen LogP contribution is 2.29. The number of rotatable bonds is 2. The summed E-state index contributed by atoms with van der Waals surface area (Å²) in [5, 5.41) is 10.7. The molecule has 1 N–H and O–H groups in total. The molecule has 0 radical (unpaired) electrons. The number of nitrogens with one attached hydrogen (secondary N) is 1. The van der Waals surface area contributed by atoms with Crippen molar-refractivity contribution in [2.24, 2.45) is 0 Å². The molecule has 3 rings (SSSR count). The standard InChI is InChI=1S/C16H16N2O3/c19-15-10-12-4-2-1-3-5-14(12)16(17-15)11-6-8-13(9-7-11)18(20)21/h6-10H,1-5H2,(H,17,19). The van der Waals surface area contributed by atoms with E-state index in [1.165, 1.54) is 24.1 Å². The van der Waals surface area contributed by atoms with E-state index in [9.17, 15) is 14.9 Å². The van der Waals surface area contributed by atoms with Crippen LogP contribution in [0.3, 0.4) is 0 Å². The molecule has 0 amide bonds. The average Bonchev–Trinajstić information content (AvgIpc) is 2.71. The lowest BCUT2D eigenvalue weighted by Crippen LogP contribution is -2.11. The number of H-pyrrole nitrogens is 1. The SMILES string of the molecule is O=c1cc2c(c(-c3ccc([N+](=O)[O-])cc3)[nH]1)CCCCC2. The first-order valence-corrected chi connectivity index (χ1v) is 7.15. The van der Waals surface area contributed by atoms with E-state index in [1.807, 2.05) is 0 Å². The predicted molar refractivity (Wildman–Crippen MR) is 80.4 cm³/mol. The number of nitrogens with zero attached hydrogens (tertiary/aromatic N) is 1. The van der Waals surface area contributed by atoms with E-state index in [0.29, 0.717) is 0 Å². The minimum absolute atomic E-state index is 0.0584. The van der Waals surface area contributed by atoms with Crippen LogP contribution in [0.2, 0.25) is 0 Å². The lowest BCUT2D eigenvalue weighted by Gasteiger charge is -2.12. The van der Waals surface area contributed by atoms with Crippen LogP contribution in [0.25, 0.3) is 11.3 Å². The summed E-state index contributed by atoms with van der Waals surface area (Å²) in [6, 6.07) is 8.05. The Morgan fingerprint density at radius 1 is 1.05 bits per heavy atom. The third-order valence-electron chi connectivity index (χ3n) is 3.98. The van der Waals surface area contributed by atoms with Crippen LogP contribution >= 0.6 is 0 Å². The molecule has 1 aromatic heterocycles. The molecule has 5 nitrogen and oxygen atoms in total. The normalized spacial score (nSPS) is 14.3. The summed E-state index contributed by atoms with van der Waals surface area (Å²) < 4.78 is 0. The van der Waals surface area contributed by atoms with Crippen LogP contribution in [0.15, 0.2) is 35.1 Å². The molecule has 0 fully saturated rings. The molecular formula is C16H16N2O3. The third-order valence-corrected chi connectivity index (χ3v) is 3.98. The van der Waals surface area contributed by atoms with Gasteiger partial charge in [-0.25, -0.2) is 0 Å². The smallest absolute Gasteiger partial charge is 0.269 e. The van der Waals surface area contributed by atoms with Gasteiger partial charge in [-0.1, -0.05) is 6.42 Å². The highest BCUT2D eigenvalue weighted by molar-refractivity contribution is 5.66. The Morgan fingerprint density at radius 3 is 2.48 bits per heavy atom. The first-order valence-electron chi connectivity index (χ1n) is 7.15. The van der Waals surface area contributed by atoms with Crippen LogP contribution < -0.4 is 5.56 Å². The summed E-state index contributed by atoms with van der Waals surface area (Å²) in [4.78, 5) is 25.1. The van der Waals surface area contributed by atoms with Gasteiger partial charge in [0.15, 0.2) is 0 Å². The minimum atomic E-state index is -0.419. The Bertz CT molecular complexity index is 732. The summed E-state index contributed by atoms with van der Waals surface area (Å²) >= 11 is 0. The van der Waals surface area contributed by atoms with Gasteiger partial charge in [0.1, 0.15) is 0 Å². The topological polar surface area (TPSA) is 76.0 Å². The minimum Gasteiger partial charge on any atom is -0.322 e. The number of non-ortho nitro benzene ring substituents is 1. The van der Waals surface area contributed by atoms with E-state index < -0.39 is 4.92 Å². The van der Waals surface area contributed by atoms with E-state index in [-0.39, 0.29) is 11.2 Å². The zero-order chi connectivity index (χ0) is 14.8. The Kier molecular flexibility index (Phi) is 3.56. The van der Waals surface area contributed by atoms with Gasteiger partial charge in [0, 0.05) is 18.2 Å². The maximum Gasteiger partial charge on any atom is 0.269 e. The quantitative estimate of drug-likeness (QED) is 0.522. The number of hydrogen-bond donors (Lipinski definition) is 1. The molecule has 1 aliphatic rings. The van der Waals surface area contributed by atoms with Crippen molar-refractivity contribution >= 4 is 5.69 Å². The lowest BCUT2D eigenvalue weighted by atomic mass is 9.97. The summed E-state index contributed by atoms with van der Waals surface area (Å²) in [6.07, 6.45) is 5.26. The number of nitro benzene ring substituents is 1. The van der Waals surface area contributed by atoms with Crippen LogP contribution in [-0.4, -0.2) is 9.91 Å². The molecule has 0 unspecified atom stereocenters. The van der Waals surface area contributed by atoms with E-state index in [0.717, 1.165) is 42.5 Å². The molecular weight excluding hydrogens is 268 g/mol. The first-order chi connectivity index (χ1) is 10.1. The number of fused-ring (bicyclic) bond motifs is 1. The summed E-state index contributed by atoms with van der Waals surface area (Å²) in [7, 11) is 0. The van der Waals surface area contributed by atoms with E-state index in [2.05, 4.69) is 4.98 Å². The van der Waals surface area contributed by atoms with Crippen molar-refractivity contribution in [1.82, 2.24) is 4.98 Å². The number of benzene rings is 1. The fourth-order valence-electron chi connectivity index (χ4n) is 2.94. The van der Waals surface area contributed by atoms with E-state index >= 15 is 0 Å². The second kappa shape index (κ2) is 5.52. The molecule has 0 atom stereocenters. The molecule has 0 spiro atoms. The molecule has 0 saturated carbocycles. The van der Waals surface area contributed by atoms with Crippen LogP contribution in [-0.2, 0) is 12.8 Å². The van der Waals surface area contributed by atoms with Gasteiger partial charge in [-0.3, -0.25) is 14.9 Å². The molecule has 0 aliphatic heterocycles. The molecule has 5 heteroatoms. The second-order valence-electron chi connectivity index (χ2n) is 5.38. The maximum absolute atomic E-state index is 11.9. The van der Waals surface area contributed by atoms with Gasteiger partial charge >= 0.3 is 0 Å². The van der Waals surface area contributed by atoms with Crippen molar-refractivity contribution in [3.63, 3.8) is 0 Å². The van der Waals surface area contributed by atoms with Gasteiger partial charge < -0.3 is 4.98 Å². The maximum atomic E-state index is 11.9. The fraction of sp³-hybridized carbons (Fsp3) is 0.312. The Hall–Kier alpha value is -2.43. The Balaban J connectivity index is 2.11. The molecule has 1 aromatic carbocycles. The van der Waals surface area contributed by atoms with Gasteiger partial charge in [0.25, 0.3) is 5.69 Å². The summed E-state index contributed by atoms with van der Waals surface area (Å²) in [5.41, 5.74) is 3.89. The van der Waals surface area contributed by atoms with Crippen LogP contribution in [0.5, 0.6) is 0 Å². The molecule has 0 bridgehead atoms. The highest BCUT2D eigenvalue weighted by atomic mass is 16.6. The molecule has 0 saturated heterocycles. The van der Waals surface area contributed by atoms with Gasteiger partial charge in [-0.2, -0.15) is 0 Å². The van der Waals surface area contributed by atoms with E-state index in [4.69, 9.17) is 0 Å². The Labute approximate surface area is 121 Å². The van der Waals surface area contributed by atoms with Crippen molar-refractivity contribution in [3.8, 4) is 11.3 Å². The first kappa shape index (κ1) is 13.5. The molecule has 1 aliphatic carbocycles. The third kappa shape index (κ3) is 2.72. The van der Waals surface area contributed by atoms with Gasteiger partial charge in [-0.05, 0) is 54.5 Å². The second-order valence-corrected chi connectivity index (χ2v) is 5.38. The van der Waals surface area contributed by atoms with E-state index in [1.54, 1.807) is 18.2 Å². The monoisotopic (exact) mass is 284 g/mol. The number of pyridine rings is 1. The highest BCUT2D eigenvalue weighted by Gasteiger charge is 2.15. The fourth-order valence-corrected chi connectivity index (χ4v) is 2.94. The average molecular weight is 284 g/mol. The molecule has 108 valence electrons. The number of aryl methyl sites for hydroxylation is 1. The van der Waals surface area contributed by atoms with Crippen LogP contribution in [0, 0.1) is 10.1 Å². The number of hydrogen-bond acceptors (Lipinski definition) is 3. The molecule has 21 heavy (non-hydrogen) atoms. The molecule has 2 aromatic rings. The van der Waals surface area contributed by atoms with Gasteiger partial charge in [-0.15, -0.1) is 0 Å². The summed E-state index contributed by atoms with van der Waals surface area (Å²) in [5.74, 6) is 0. The van der Waals surface area contributed by atoms with Crippen molar-refractivity contribution in [2.75, 3.05) is 0 Å². The predicted octanol–water partition coefficient (Wildman–Crippen LogP) is 3.22. The van der Waals surface area contributed by atoms with Crippen molar-refractivity contribution in [2.45, 2.75) is 32.1 Å². The van der Waals surface area contributed by atoms with Crippen LogP contribution in [0.1, 0.15) is 30.4 Å².